The van der Waals surface area contributed by atoms with Crippen LogP contribution in [0.5, 0.6) is 0 Å². The maximum Gasteiger partial charge on any atom is 0.0263 e. The minimum atomic E-state index is 0.251. The van der Waals surface area contributed by atoms with Crippen molar-refractivity contribution in [2.75, 3.05) is 32.7 Å². The minimum Gasteiger partial charge on any atom is -0.330 e. The molecule has 0 aromatic heterocycles. The molecule has 0 amide bonds. The summed E-state index contributed by atoms with van der Waals surface area (Å²) in [5.74, 6) is 0. The second-order valence-corrected chi connectivity index (χ2v) is 6.94. The third-order valence-electron chi connectivity index (χ3n) is 4.73. The van der Waals surface area contributed by atoms with E-state index in [0.717, 1.165) is 25.2 Å². The van der Waals surface area contributed by atoms with E-state index in [9.17, 15) is 0 Å². The Morgan fingerprint density at radius 3 is 2.72 bits per heavy atom. The first-order chi connectivity index (χ1) is 8.57. The van der Waals surface area contributed by atoms with Gasteiger partial charge in [0, 0.05) is 25.2 Å². The number of nitrogens with zero attached hydrogens (tertiary/aromatic N) is 2. The number of hydrogen-bond acceptors (Lipinski definition) is 3. The monoisotopic (exact) mass is 253 g/mol. The van der Waals surface area contributed by atoms with Gasteiger partial charge in [-0.05, 0) is 50.7 Å². The van der Waals surface area contributed by atoms with Crippen LogP contribution < -0.4 is 5.73 Å². The topological polar surface area (TPSA) is 32.5 Å². The zero-order chi connectivity index (χ0) is 13.2. The van der Waals surface area contributed by atoms with Crippen molar-refractivity contribution in [2.45, 2.75) is 58.5 Å². The molecule has 2 rings (SSSR count). The normalized spacial score (nSPS) is 29.2. The number of nitrogens with two attached hydrogens (primary N) is 1. The average molecular weight is 253 g/mol. The number of hydrogen-bond donors (Lipinski definition) is 1. The largest absolute Gasteiger partial charge is 0.330 e. The van der Waals surface area contributed by atoms with Crippen molar-refractivity contribution in [1.29, 1.82) is 0 Å². The maximum absolute atomic E-state index is 5.92. The van der Waals surface area contributed by atoms with Crippen LogP contribution in [0.2, 0.25) is 0 Å². The van der Waals surface area contributed by atoms with Crippen LogP contribution in [0.3, 0.4) is 0 Å². The van der Waals surface area contributed by atoms with Crippen molar-refractivity contribution in [3.8, 4) is 0 Å². The molecule has 0 saturated carbocycles. The summed E-state index contributed by atoms with van der Waals surface area (Å²) < 4.78 is 0. The van der Waals surface area contributed by atoms with Gasteiger partial charge in [-0.1, -0.05) is 20.8 Å². The van der Waals surface area contributed by atoms with Gasteiger partial charge in [-0.25, -0.2) is 0 Å². The van der Waals surface area contributed by atoms with Gasteiger partial charge in [0.1, 0.15) is 0 Å². The summed E-state index contributed by atoms with van der Waals surface area (Å²) in [4.78, 5) is 5.45. The molecule has 106 valence electrons. The van der Waals surface area contributed by atoms with Crippen molar-refractivity contribution in [2.24, 2.45) is 11.1 Å². The SMILES string of the molecule is CCCN(CC(C)(C)CN)C1CCN2CCCC12. The van der Waals surface area contributed by atoms with Crippen LogP contribution in [0.25, 0.3) is 0 Å². The van der Waals surface area contributed by atoms with Gasteiger partial charge in [0.25, 0.3) is 0 Å². The van der Waals surface area contributed by atoms with Gasteiger partial charge in [0.2, 0.25) is 0 Å². The summed E-state index contributed by atoms with van der Waals surface area (Å²) in [6.07, 6.45) is 5.44. The van der Waals surface area contributed by atoms with Crippen molar-refractivity contribution in [3.63, 3.8) is 0 Å². The summed E-state index contributed by atoms with van der Waals surface area (Å²) in [6, 6.07) is 1.63. The first-order valence-electron chi connectivity index (χ1n) is 7.75. The summed E-state index contributed by atoms with van der Waals surface area (Å²) in [7, 11) is 0. The number of fused-ring (bicyclic) bond motifs is 1. The second-order valence-electron chi connectivity index (χ2n) is 6.94. The van der Waals surface area contributed by atoms with E-state index in [-0.39, 0.29) is 5.41 Å². The maximum atomic E-state index is 5.92. The summed E-state index contributed by atoms with van der Waals surface area (Å²) >= 11 is 0. The molecule has 3 nitrogen and oxygen atoms in total. The Balaban J connectivity index is 2.00. The molecular formula is C15H31N3. The highest BCUT2D eigenvalue weighted by Gasteiger charge is 2.40. The van der Waals surface area contributed by atoms with Crippen LogP contribution in [0.1, 0.15) is 46.5 Å². The van der Waals surface area contributed by atoms with Gasteiger partial charge in [0.05, 0.1) is 0 Å². The summed E-state index contributed by atoms with van der Waals surface area (Å²) in [6.45, 7) is 12.7. The van der Waals surface area contributed by atoms with Crippen molar-refractivity contribution >= 4 is 0 Å². The van der Waals surface area contributed by atoms with Gasteiger partial charge >= 0.3 is 0 Å². The van der Waals surface area contributed by atoms with Crippen LogP contribution in [0.15, 0.2) is 0 Å². The third kappa shape index (κ3) is 3.06. The average Bonchev–Trinajstić information content (AvgIpc) is 2.90. The van der Waals surface area contributed by atoms with E-state index in [1.807, 2.05) is 0 Å². The zero-order valence-electron chi connectivity index (χ0n) is 12.5. The van der Waals surface area contributed by atoms with Crippen molar-refractivity contribution in [1.82, 2.24) is 9.80 Å². The third-order valence-corrected chi connectivity index (χ3v) is 4.73. The van der Waals surface area contributed by atoms with E-state index >= 15 is 0 Å². The van der Waals surface area contributed by atoms with Crippen LogP contribution >= 0.6 is 0 Å². The molecular weight excluding hydrogens is 222 g/mol. The van der Waals surface area contributed by atoms with E-state index in [0.29, 0.717) is 0 Å². The van der Waals surface area contributed by atoms with Crippen LogP contribution in [0.4, 0.5) is 0 Å². The summed E-state index contributed by atoms with van der Waals surface area (Å²) in [5.41, 5.74) is 6.17. The van der Waals surface area contributed by atoms with Crippen LogP contribution in [0, 0.1) is 5.41 Å². The van der Waals surface area contributed by atoms with E-state index in [4.69, 9.17) is 5.73 Å². The van der Waals surface area contributed by atoms with E-state index < -0.39 is 0 Å². The first-order valence-corrected chi connectivity index (χ1v) is 7.75. The van der Waals surface area contributed by atoms with Crippen LogP contribution in [-0.2, 0) is 0 Å². The highest BCUT2D eigenvalue weighted by molar-refractivity contribution is 4.97. The smallest absolute Gasteiger partial charge is 0.0263 e. The molecule has 18 heavy (non-hydrogen) atoms. The zero-order valence-corrected chi connectivity index (χ0v) is 12.5. The Bertz CT molecular complexity index is 264. The Hall–Kier alpha value is -0.120. The quantitative estimate of drug-likeness (QED) is 0.785. The highest BCUT2D eigenvalue weighted by Crippen LogP contribution is 2.32. The fourth-order valence-electron chi connectivity index (χ4n) is 3.75. The van der Waals surface area contributed by atoms with Crippen LogP contribution in [-0.4, -0.2) is 54.6 Å². The van der Waals surface area contributed by atoms with Crippen molar-refractivity contribution in [3.05, 3.63) is 0 Å². The molecule has 0 aromatic carbocycles. The fraction of sp³-hybridized carbons (Fsp3) is 1.00. The second kappa shape index (κ2) is 5.89. The Labute approximate surface area is 113 Å². The lowest BCUT2D eigenvalue weighted by molar-refractivity contribution is 0.111. The Morgan fingerprint density at radius 1 is 1.28 bits per heavy atom. The predicted octanol–water partition coefficient (Wildman–Crippen LogP) is 1.92. The Kier molecular flexibility index (Phi) is 4.68. The molecule has 0 aromatic rings. The first kappa shape index (κ1) is 14.3. The Morgan fingerprint density at radius 2 is 2.06 bits per heavy atom. The van der Waals surface area contributed by atoms with Gasteiger partial charge in [-0.2, -0.15) is 0 Å². The molecule has 2 saturated heterocycles. The molecule has 0 spiro atoms. The lowest BCUT2D eigenvalue weighted by Crippen LogP contribution is -2.48. The van der Waals surface area contributed by atoms with E-state index in [2.05, 4.69) is 30.6 Å². The molecule has 0 radical (unpaired) electrons. The number of rotatable bonds is 6. The molecule has 2 aliphatic rings. The molecule has 0 aliphatic carbocycles. The van der Waals surface area contributed by atoms with Gasteiger partial charge < -0.3 is 5.73 Å². The van der Waals surface area contributed by atoms with Gasteiger partial charge in [-0.15, -0.1) is 0 Å². The fourth-order valence-corrected chi connectivity index (χ4v) is 3.75. The standard InChI is InChI=1S/C15H31N3/c1-4-8-18(12-15(2,3)11-16)14-7-10-17-9-5-6-13(14)17/h13-14H,4-12,16H2,1-3H3. The molecule has 2 heterocycles. The van der Waals surface area contributed by atoms with Gasteiger partial charge in [-0.3, -0.25) is 9.80 Å². The molecule has 2 atom stereocenters. The molecule has 3 heteroatoms. The molecule has 2 aliphatic heterocycles. The molecule has 2 unspecified atom stereocenters. The molecule has 2 fully saturated rings. The lowest BCUT2D eigenvalue weighted by atomic mass is 9.91. The van der Waals surface area contributed by atoms with Crippen molar-refractivity contribution < 1.29 is 0 Å². The highest BCUT2D eigenvalue weighted by atomic mass is 15.3. The van der Waals surface area contributed by atoms with E-state index in [1.165, 1.54) is 45.3 Å². The lowest BCUT2D eigenvalue weighted by Gasteiger charge is -2.38. The van der Waals surface area contributed by atoms with E-state index in [1.54, 1.807) is 0 Å². The summed E-state index contributed by atoms with van der Waals surface area (Å²) in [5, 5.41) is 0. The predicted molar refractivity (Wildman–Crippen MR) is 77.7 cm³/mol. The van der Waals surface area contributed by atoms with Gasteiger partial charge in [0.15, 0.2) is 0 Å². The molecule has 2 N–H and O–H groups in total. The minimum absolute atomic E-state index is 0.251. The molecule has 0 bridgehead atoms.